The number of anilines is 1. The molecule has 3 aromatic heterocycles. The van der Waals surface area contributed by atoms with Crippen molar-refractivity contribution in [3.05, 3.63) is 78.3 Å². The van der Waals surface area contributed by atoms with Crippen molar-refractivity contribution >= 4 is 33.8 Å². The predicted molar refractivity (Wildman–Crippen MR) is 134 cm³/mol. The number of aliphatic hydroxyl groups is 1. The zero-order valence-electron chi connectivity index (χ0n) is 18.9. The lowest BCUT2D eigenvalue weighted by atomic mass is 10.0. The summed E-state index contributed by atoms with van der Waals surface area (Å²) in [7, 11) is 0. The number of aromatic nitrogens is 3. The summed E-state index contributed by atoms with van der Waals surface area (Å²) >= 11 is 1.44. The van der Waals surface area contributed by atoms with E-state index in [4.69, 9.17) is 4.42 Å². The first-order valence-corrected chi connectivity index (χ1v) is 11.8. The van der Waals surface area contributed by atoms with Gasteiger partial charge in [-0.2, -0.15) is 5.10 Å². The summed E-state index contributed by atoms with van der Waals surface area (Å²) in [6.07, 6.45) is 5.73. The fourth-order valence-corrected chi connectivity index (χ4v) is 4.47. The molecule has 0 aliphatic rings. The van der Waals surface area contributed by atoms with E-state index in [2.05, 4.69) is 15.4 Å². The molecule has 0 fully saturated rings. The Bertz CT molecular complexity index is 1430. The fourth-order valence-electron chi connectivity index (χ4n) is 3.66. The van der Waals surface area contributed by atoms with Gasteiger partial charge in [0, 0.05) is 45.9 Å². The van der Waals surface area contributed by atoms with Crippen LogP contribution in [0.1, 0.15) is 30.8 Å². The topological polar surface area (TPSA) is 93.2 Å². The largest absolute Gasteiger partial charge is 0.472 e. The minimum atomic E-state index is -0.772. The van der Waals surface area contributed by atoms with E-state index in [1.54, 1.807) is 31.8 Å². The molecule has 34 heavy (non-hydrogen) atoms. The summed E-state index contributed by atoms with van der Waals surface area (Å²) in [4.78, 5) is 17.6. The van der Waals surface area contributed by atoms with E-state index >= 15 is 0 Å². The molecule has 7 nitrogen and oxygen atoms in total. The van der Waals surface area contributed by atoms with Crippen LogP contribution in [0.15, 0.2) is 77.1 Å². The zero-order chi connectivity index (χ0) is 23.7. The van der Waals surface area contributed by atoms with Crippen molar-refractivity contribution in [1.82, 2.24) is 14.8 Å². The zero-order valence-corrected chi connectivity index (χ0v) is 19.7. The minimum Gasteiger partial charge on any atom is -0.472 e. The first kappa shape index (κ1) is 22.1. The molecular weight excluding hydrogens is 448 g/mol. The highest BCUT2D eigenvalue weighted by Gasteiger charge is 2.18. The molecule has 2 aromatic carbocycles. The molecule has 0 atom stereocenters. The fraction of sp³-hybridized carbons (Fsp3) is 0.192. The second-order valence-electron chi connectivity index (χ2n) is 8.78. The van der Waals surface area contributed by atoms with E-state index in [1.807, 2.05) is 59.4 Å². The number of carbonyl (C=O) groups excluding carboxylic acids is 1. The molecule has 0 spiro atoms. The Morgan fingerprint density at radius 3 is 2.74 bits per heavy atom. The van der Waals surface area contributed by atoms with E-state index in [9.17, 15) is 9.90 Å². The third kappa shape index (κ3) is 4.78. The van der Waals surface area contributed by atoms with Gasteiger partial charge >= 0.3 is 0 Å². The van der Waals surface area contributed by atoms with Crippen LogP contribution in [0.3, 0.4) is 0 Å². The number of rotatable bonds is 7. The van der Waals surface area contributed by atoms with Gasteiger partial charge in [-0.25, -0.2) is 4.98 Å². The van der Waals surface area contributed by atoms with E-state index in [-0.39, 0.29) is 5.91 Å². The molecule has 5 rings (SSSR count). The van der Waals surface area contributed by atoms with E-state index in [0.29, 0.717) is 24.3 Å². The van der Waals surface area contributed by atoms with Crippen LogP contribution in [0.25, 0.3) is 32.6 Å². The second-order valence-corrected chi connectivity index (χ2v) is 9.64. The number of aryl methyl sites for hydroxylation is 1. The highest BCUT2D eigenvalue weighted by atomic mass is 32.1. The maximum absolute atomic E-state index is 13.1. The van der Waals surface area contributed by atoms with Crippen molar-refractivity contribution < 1.29 is 14.3 Å². The molecule has 0 unspecified atom stereocenters. The van der Waals surface area contributed by atoms with Gasteiger partial charge in [0.15, 0.2) is 0 Å². The van der Waals surface area contributed by atoms with Crippen molar-refractivity contribution in [2.75, 3.05) is 5.32 Å². The molecule has 0 aliphatic heterocycles. The number of fused-ring (bicyclic) bond motifs is 1. The molecule has 0 aliphatic carbocycles. The van der Waals surface area contributed by atoms with Gasteiger partial charge in [-0.05, 0) is 38.5 Å². The maximum atomic E-state index is 13.1. The average Bonchev–Trinajstić information content (AvgIpc) is 3.57. The third-order valence-electron chi connectivity index (χ3n) is 5.48. The monoisotopic (exact) mass is 472 g/mol. The number of furan rings is 1. The highest BCUT2D eigenvalue weighted by Crippen LogP contribution is 2.33. The summed E-state index contributed by atoms with van der Waals surface area (Å²) in [6, 6.07) is 15.5. The van der Waals surface area contributed by atoms with Crippen LogP contribution >= 0.6 is 11.3 Å². The summed E-state index contributed by atoms with van der Waals surface area (Å²) in [5.74, 6) is -0.281. The van der Waals surface area contributed by atoms with Crippen molar-refractivity contribution in [1.29, 1.82) is 0 Å². The highest BCUT2D eigenvalue weighted by molar-refractivity contribution is 7.13. The molecule has 0 bridgehead atoms. The molecule has 8 heteroatoms. The molecule has 5 aromatic rings. The molecule has 3 heterocycles. The Labute approximate surface area is 200 Å². The molecule has 172 valence electrons. The maximum Gasteiger partial charge on any atom is 0.275 e. The van der Waals surface area contributed by atoms with E-state index < -0.39 is 5.60 Å². The smallest absolute Gasteiger partial charge is 0.275 e. The van der Waals surface area contributed by atoms with Crippen LogP contribution < -0.4 is 5.32 Å². The van der Waals surface area contributed by atoms with Gasteiger partial charge in [0.2, 0.25) is 0 Å². The van der Waals surface area contributed by atoms with Gasteiger partial charge in [0.25, 0.3) is 5.91 Å². The number of carbonyl (C=O) groups is 1. The molecular formula is C26H24N4O3S. The summed E-state index contributed by atoms with van der Waals surface area (Å²) in [5, 5.41) is 21.2. The molecule has 0 saturated heterocycles. The summed E-state index contributed by atoms with van der Waals surface area (Å²) < 4.78 is 7.10. The number of hydrogen-bond donors (Lipinski definition) is 2. The first-order chi connectivity index (χ1) is 16.4. The second kappa shape index (κ2) is 8.89. The Balaban J connectivity index is 1.46. The third-order valence-corrected chi connectivity index (χ3v) is 6.37. The molecule has 0 saturated carbocycles. The SMILES string of the molecule is CC(C)(O)CCn1cc2cc(NC(=O)c3csc(-c4ccccc4)n3)c(-c3ccoc3)cc2n1. The molecule has 2 N–H and O–H groups in total. The number of benzene rings is 2. The Morgan fingerprint density at radius 1 is 1.18 bits per heavy atom. The van der Waals surface area contributed by atoms with Gasteiger partial charge < -0.3 is 14.8 Å². The van der Waals surface area contributed by atoms with Crippen LogP contribution in [0.5, 0.6) is 0 Å². The number of hydrogen-bond acceptors (Lipinski definition) is 6. The minimum absolute atomic E-state index is 0.281. The van der Waals surface area contributed by atoms with Crippen LogP contribution in [0.4, 0.5) is 5.69 Å². The molecule has 1 amide bonds. The van der Waals surface area contributed by atoms with Gasteiger partial charge in [0.1, 0.15) is 10.7 Å². The Kier molecular flexibility index (Phi) is 5.77. The van der Waals surface area contributed by atoms with Crippen molar-refractivity contribution in [3.63, 3.8) is 0 Å². The summed E-state index contributed by atoms with van der Waals surface area (Å²) in [5.41, 5.74) is 3.66. The normalized spacial score (nSPS) is 11.7. The van der Waals surface area contributed by atoms with E-state index in [1.165, 1.54) is 11.3 Å². The van der Waals surface area contributed by atoms with Crippen LogP contribution in [-0.2, 0) is 6.54 Å². The standard InChI is InChI=1S/C26H24N4O3S/c1-26(2,32)9-10-30-14-19-12-22(20(13-21(19)29-30)18-8-11-33-15-18)27-24(31)23-16-34-25(28-23)17-6-4-3-5-7-17/h3-8,11-16,32H,9-10H2,1-2H3,(H,27,31). The van der Waals surface area contributed by atoms with Crippen LogP contribution in [0, 0.1) is 0 Å². The number of nitrogens with zero attached hydrogens (tertiary/aromatic N) is 3. The average molecular weight is 473 g/mol. The lowest BCUT2D eigenvalue weighted by molar-refractivity contribution is 0.0651. The summed E-state index contributed by atoms with van der Waals surface area (Å²) in [6.45, 7) is 4.15. The van der Waals surface area contributed by atoms with Crippen molar-refractivity contribution in [2.24, 2.45) is 0 Å². The van der Waals surface area contributed by atoms with Gasteiger partial charge in [-0.3, -0.25) is 9.48 Å². The van der Waals surface area contributed by atoms with Crippen LogP contribution in [0.2, 0.25) is 0 Å². The number of nitrogens with one attached hydrogen (secondary N) is 1. The van der Waals surface area contributed by atoms with Crippen molar-refractivity contribution in [2.45, 2.75) is 32.4 Å². The van der Waals surface area contributed by atoms with Gasteiger partial charge in [0.05, 0.1) is 23.6 Å². The van der Waals surface area contributed by atoms with Crippen LogP contribution in [-0.4, -0.2) is 31.4 Å². The van der Waals surface area contributed by atoms with Gasteiger partial charge in [-0.1, -0.05) is 30.3 Å². The Hall–Kier alpha value is -3.75. The first-order valence-electron chi connectivity index (χ1n) is 10.9. The van der Waals surface area contributed by atoms with E-state index in [0.717, 1.165) is 32.6 Å². The predicted octanol–water partition coefficient (Wildman–Crippen LogP) is 5.83. The lowest BCUT2D eigenvalue weighted by Gasteiger charge is -2.16. The number of amides is 1. The van der Waals surface area contributed by atoms with Gasteiger partial charge in [-0.15, -0.1) is 11.3 Å². The number of thiazole rings is 1. The quantitative estimate of drug-likeness (QED) is 0.311. The Morgan fingerprint density at radius 2 is 2.00 bits per heavy atom. The lowest BCUT2D eigenvalue weighted by Crippen LogP contribution is -2.21. The van der Waals surface area contributed by atoms with Crippen molar-refractivity contribution in [3.8, 4) is 21.7 Å². The molecule has 0 radical (unpaired) electrons.